The Morgan fingerprint density at radius 2 is 1.90 bits per heavy atom. The first kappa shape index (κ1) is 14.3. The highest BCUT2D eigenvalue weighted by atomic mass is 32.2. The molecule has 1 amide bonds. The molecule has 0 N–H and O–H groups in total. The number of hydrogen-bond acceptors (Lipinski definition) is 3. The molecule has 0 aromatic heterocycles. The molecule has 0 unspecified atom stereocenters. The second kappa shape index (κ2) is 4.98. The number of carbonyl (C=O) groups is 1. The van der Waals surface area contributed by atoms with E-state index in [-0.39, 0.29) is 11.9 Å². The van der Waals surface area contributed by atoms with E-state index in [0.29, 0.717) is 30.7 Å². The largest absolute Gasteiger partial charge is 0.334 e. The molecule has 2 fully saturated rings. The molecule has 2 saturated heterocycles. The minimum Gasteiger partial charge on any atom is -0.334 e. The fourth-order valence-electron chi connectivity index (χ4n) is 3.29. The lowest BCUT2D eigenvalue weighted by Crippen LogP contribution is -2.49. The Bertz CT molecular complexity index is 691. The lowest BCUT2D eigenvalue weighted by molar-refractivity contribution is -0.128. The van der Waals surface area contributed by atoms with Gasteiger partial charge < -0.3 is 4.90 Å². The minimum atomic E-state index is -3.44. The molecule has 1 aromatic carbocycles. The number of sulfone groups is 1. The standard InChI is InChI=1S/C16H19NO3S/c1-11-3-5-13(6-4-11)21(19,20)15-9-12(2)10-17-14(15)7-8-16(17)18/h3-6,14-15H,2,7-10H2,1H3/t14-,15+/m0/s1. The van der Waals surface area contributed by atoms with E-state index < -0.39 is 15.1 Å². The summed E-state index contributed by atoms with van der Waals surface area (Å²) in [6.45, 7) is 6.35. The van der Waals surface area contributed by atoms with Gasteiger partial charge in [-0.05, 0) is 31.9 Å². The van der Waals surface area contributed by atoms with Gasteiger partial charge in [0.2, 0.25) is 5.91 Å². The Hall–Kier alpha value is -1.62. The second-order valence-electron chi connectivity index (χ2n) is 5.98. The second-order valence-corrected chi connectivity index (χ2v) is 8.15. The molecule has 0 aliphatic carbocycles. The Morgan fingerprint density at radius 3 is 2.57 bits per heavy atom. The van der Waals surface area contributed by atoms with Crippen LogP contribution in [0.25, 0.3) is 0 Å². The van der Waals surface area contributed by atoms with Crippen LogP contribution in [0.4, 0.5) is 0 Å². The molecule has 21 heavy (non-hydrogen) atoms. The van der Waals surface area contributed by atoms with Gasteiger partial charge >= 0.3 is 0 Å². The van der Waals surface area contributed by atoms with Crippen molar-refractivity contribution in [2.45, 2.75) is 42.4 Å². The van der Waals surface area contributed by atoms with Crippen LogP contribution in [0.15, 0.2) is 41.3 Å². The van der Waals surface area contributed by atoms with Crippen molar-refractivity contribution in [3.05, 3.63) is 42.0 Å². The SMILES string of the molecule is C=C1C[C@@H](S(=O)(=O)c2ccc(C)cc2)[C@@H]2CCC(=O)N2C1. The zero-order valence-corrected chi connectivity index (χ0v) is 12.9. The summed E-state index contributed by atoms with van der Waals surface area (Å²) in [6.07, 6.45) is 1.52. The summed E-state index contributed by atoms with van der Waals surface area (Å²) < 4.78 is 25.8. The maximum atomic E-state index is 12.9. The molecule has 5 heteroatoms. The van der Waals surface area contributed by atoms with Crippen LogP contribution in [-0.2, 0) is 14.6 Å². The fraction of sp³-hybridized carbons (Fsp3) is 0.438. The number of piperidine rings is 1. The lowest BCUT2D eigenvalue weighted by atomic mass is 9.99. The number of aryl methyl sites for hydroxylation is 1. The summed E-state index contributed by atoms with van der Waals surface area (Å²) in [5.74, 6) is 0.0463. The van der Waals surface area contributed by atoms with Crippen molar-refractivity contribution in [3.63, 3.8) is 0 Å². The number of amides is 1. The zero-order valence-electron chi connectivity index (χ0n) is 12.1. The lowest BCUT2D eigenvalue weighted by Gasteiger charge is -2.37. The predicted octanol–water partition coefficient (Wildman–Crippen LogP) is 2.09. The van der Waals surface area contributed by atoms with Crippen molar-refractivity contribution in [2.24, 2.45) is 0 Å². The summed E-state index contributed by atoms with van der Waals surface area (Å²) in [6, 6.07) is 6.73. The highest BCUT2D eigenvalue weighted by Crippen LogP contribution is 2.36. The molecule has 2 atom stereocenters. The number of carbonyl (C=O) groups excluding carboxylic acids is 1. The van der Waals surface area contributed by atoms with Crippen molar-refractivity contribution >= 4 is 15.7 Å². The van der Waals surface area contributed by atoms with Gasteiger partial charge in [-0.3, -0.25) is 4.79 Å². The van der Waals surface area contributed by atoms with Gasteiger partial charge in [-0.25, -0.2) is 8.42 Å². The summed E-state index contributed by atoms with van der Waals surface area (Å²) >= 11 is 0. The molecular weight excluding hydrogens is 286 g/mol. The van der Waals surface area contributed by atoms with Crippen LogP contribution in [0.5, 0.6) is 0 Å². The van der Waals surface area contributed by atoms with Crippen LogP contribution in [-0.4, -0.2) is 37.1 Å². The van der Waals surface area contributed by atoms with E-state index in [1.54, 1.807) is 17.0 Å². The third kappa shape index (κ3) is 2.39. The molecule has 112 valence electrons. The van der Waals surface area contributed by atoms with Gasteiger partial charge in [0, 0.05) is 19.0 Å². The van der Waals surface area contributed by atoms with Crippen LogP contribution >= 0.6 is 0 Å². The number of rotatable bonds is 2. The van der Waals surface area contributed by atoms with E-state index in [0.717, 1.165) is 11.1 Å². The van der Waals surface area contributed by atoms with Crippen LogP contribution in [0.1, 0.15) is 24.8 Å². The van der Waals surface area contributed by atoms with E-state index in [4.69, 9.17) is 0 Å². The average Bonchev–Trinajstić information content (AvgIpc) is 2.80. The molecule has 0 bridgehead atoms. The number of fused-ring (bicyclic) bond motifs is 1. The summed E-state index contributed by atoms with van der Waals surface area (Å²) in [5, 5.41) is -0.562. The molecule has 3 rings (SSSR count). The van der Waals surface area contributed by atoms with Gasteiger partial charge in [-0.2, -0.15) is 0 Å². The van der Waals surface area contributed by atoms with Crippen LogP contribution in [0, 0.1) is 6.92 Å². The highest BCUT2D eigenvalue weighted by molar-refractivity contribution is 7.92. The van der Waals surface area contributed by atoms with Crippen LogP contribution in [0.3, 0.4) is 0 Å². The molecule has 2 aliphatic rings. The predicted molar refractivity (Wildman–Crippen MR) is 80.6 cm³/mol. The van der Waals surface area contributed by atoms with E-state index in [1.165, 1.54) is 0 Å². The minimum absolute atomic E-state index is 0.0463. The summed E-state index contributed by atoms with van der Waals surface area (Å²) in [5.41, 5.74) is 1.85. The Kier molecular flexibility index (Phi) is 3.40. The number of benzene rings is 1. The first-order chi connectivity index (χ1) is 9.89. The van der Waals surface area contributed by atoms with E-state index >= 15 is 0 Å². The van der Waals surface area contributed by atoms with Gasteiger partial charge in [0.25, 0.3) is 0 Å². The zero-order chi connectivity index (χ0) is 15.2. The van der Waals surface area contributed by atoms with Gasteiger partial charge in [0.15, 0.2) is 9.84 Å². The quantitative estimate of drug-likeness (QED) is 0.786. The molecule has 0 radical (unpaired) electrons. The Morgan fingerprint density at radius 1 is 1.24 bits per heavy atom. The maximum absolute atomic E-state index is 12.9. The van der Waals surface area contributed by atoms with Crippen molar-refractivity contribution in [2.75, 3.05) is 6.54 Å². The van der Waals surface area contributed by atoms with Crippen molar-refractivity contribution in [1.82, 2.24) is 4.90 Å². The molecule has 2 heterocycles. The third-order valence-corrected chi connectivity index (χ3v) is 6.64. The fourth-order valence-corrected chi connectivity index (χ4v) is 5.31. The third-order valence-electron chi connectivity index (χ3n) is 4.44. The number of hydrogen-bond donors (Lipinski definition) is 0. The Balaban J connectivity index is 1.99. The van der Waals surface area contributed by atoms with Gasteiger partial charge in [-0.15, -0.1) is 0 Å². The first-order valence-corrected chi connectivity index (χ1v) is 8.71. The van der Waals surface area contributed by atoms with Crippen molar-refractivity contribution < 1.29 is 13.2 Å². The highest BCUT2D eigenvalue weighted by Gasteiger charge is 2.46. The Labute approximate surface area is 125 Å². The van der Waals surface area contributed by atoms with E-state index in [1.807, 2.05) is 19.1 Å². The molecular formula is C16H19NO3S. The van der Waals surface area contributed by atoms with Gasteiger partial charge in [0.1, 0.15) is 0 Å². The van der Waals surface area contributed by atoms with Gasteiger partial charge in [-0.1, -0.05) is 29.8 Å². The van der Waals surface area contributed by atoms with E-state index in [2.05, 4.69) is 6.58 Å². The summed E-state index contributed by atoms with van der Waals surface area (Å²) in [4.78, 5) is 13.9. The van der Waals surface area contributed by atoms with Crippen LogP contribution in [0.2, 0.25) is 0 Å². The number of nitrogens with zero attached hydrogens (tertiary/aromatic N) is 1. The summed E-state index contributed by atoms with van der Waals surface area (Å²) in [7, 11) is -3.44. The molecule has 2 aliphatic heterocycles. The van der Waals surface area contributed by atoms with Crippen molar-refractivity contribution in [3.8, 4) is 0 Å². The maximum Gasteiger partial charge on any atom is 0.223 e. The van der Waals surface area contributed by atoms with Crippen LogP contribution < -0.4 is 0 Å². The smallest absolute Gasteiger partial charge is 0.223 e. The topological polar surface area (TPSA) is 54.5 Å². The molecule has 1 aromatic rings. The average molecular weight is 305 g/mol. The normalized spacial score (nSPS) is 26.0. The first-order valence-electron chi connectivity index (χ1n) is 7.16. The molecule has 0 spiro atoms. The van der Waals surface area contributed by atoms with Gasteiger partial charge in [0.05, 0.1) is 10.1 Å². The molecule has 4 nitrogen and oxygen atoms in total. The monoisotopic (exact) mass is 305 g/mol. The molecule has 0 saturated carbocycles. The van der Waals surface area contributed by atoms with Crippen molar-refractivity contribution in [1.29, 1.82) is 0 Å². The van der Waals surface area contributed by atoms with E-state index in [9.17, 15) is 13.2 Å².